The molecule has 1 aliphatic rings. The largest absolute Gasteiger partial charge is 0.317 e. The quantitative estimate of drug-likeness (QED) is 0.782. The van der Waals surface area contributed by atoms with Crippen LogP contribution in [0.5, 0.6) is 0 Å². The van der Waals surface area contributed by atoms with Gasteiger partial charge < -0.3 is 5.32 Å². The highest BCUT2D eigenvalue weighted by Crippen LogP contribution is 2.16. The van der Waals surface area contributed by atoms with E-state index in [0.29, 0.717) is 11.5 Å². The Balaban J connectivity index is 2.01. The SMILES string of the molecule is Fc1ccccc1/C=C/C1CCNCC1. The molecule has 0 saturated carbocycles. The van der Waals surface area contributed by atoms with Crippen LogP contribution in [0.1, 0.15) is 18.4 Å². The molecule has 0 amide bonds. The number of hydrogen-bond donors (Lipinski definition) is 1. The van der Waals surface area contributed by atoms with E-state index in [9.17, 15) is 4.39 Å². The number of benzene rings is 1. The number of nitrogens with one attached hydrogen (secondary N) is 1. The average molecular weight is 205 g/mol. The van der Waals surface area contributed by atoms with Crippen molar-refractivity contribution in [2.45, 2.75) is 12.8 Å². The van der Waals surface area contributed by atoms with Crippen LogP contribution < -0.4 is 5.32 Å². The summed E-state index contributed by atoms with van der Waals surface area (Å²) in [5.74, 6) is 0.466. The molecule has 1 saturated heterocycles. The van der Waals surface area contributed by atoms with Gasteiger partial charge in [-0.15, -0.1) is 0 Å². The van der Waals surface area contributed by atoms with Gasteiger partial charge in [0.1, 0.15) is 5.82 Å². The van der Waals surface area contributed by atoms with Crippen molar-refractivity contribution in [2.75, 3.05) is 13.1 Å². The van der Waals surface area contributed by atoms with Crippen molar-refractivity contribution in [1.82, 2.24) is 5.32 Å². The maximum absolute atomic E-state index is 13.3. The molecule has 1 nitrogen and oxygen atoms in total. The standard InChI is InChI=1S/C13H16FN/c14-13-4-2-1-3-12(13)6-5-11-7-9-15-10-8-11/h1-6,11,15H,7-10H2/b6-5+. The van der Waals surface area contributed by atoms with Crippen LogP contribution in [0.3, 0.4) is 0 Å². The predicted octanol–water partition coefficient (Wildman–Crippen LogP) is 2.84. The van der Waals surface area contributed by atoms with E-state index >= 15 is 0 Å². The highest BCUT2D eigenvalue weighted by molar-refractivity contribution is 5.49. The number of piperidine rings is 1. The molecule has 80 valence electrons. The second kappa shape index (κ2) is 5.08. The van der Waals surface area contributed by atoms with Gasteiger partial charge in [0.2, 0.25) is 0 Å². The lowest BCUT2D eigenvalue weighted by Crippen LogP contribution is -2.26. The third kappa shape index (κ3) is 2.90. The Bertz CT molecular complexity index is 340. The summed E-state index contributed by atoms with van der Waals surface area (Å²) in [5, 5.41) is 3.32. The third-order valence-corrected chi connectivity index (χ3v) is 2.84. The van der Waals surface area contributed by atoms with Crippen molar-refractivity contribution in [3.63, 3.8) is 0 Å². The van der Waals surface area contributed by atoms with Crippen molar-refractivity contribution in [1.29, 1.82) is 0 Å². The summed E-state index contributed by atoms with van der Waals surface area (Å²) >= 11 is 0. The van der Waals surface area contributed by atoms with Crippen LogP contribution in [0.15, 0.2) is 30.3 Å². The first-order chi connectivity index (χ1) is 7.36. The van der Waals surface area contributed by atoms with Crippen LogP contribution in [0.2, 0.25) is 0 Å². The van der Waals surface area contributed by atoms with E-state index in [-0.39, 0.29) is 5.82 Å². The van der Waals surface area contributed by atoms with Gasteiger partial charge in [0.25, 0.3) is 0 Å². The minimum absolute atomic E-state index is 0.136. The van der Waals surface area contributed by atoms with Gasteiger partial charge >= 0.3 is 0 Å². The van der Waals surface area contributed by atoms with Gasteiger partial charge in [0, 0.05) is 5.56 Å². The summed E-state index contributed by atoms with van der Waals surface area (Å²) in [6.45, 7) is 2.15. The number of hydrogen-bond acceptors (Lipinski definition) is 1. The molecule has 2 heteroatoms. The molecule has 0 unspecified atom stereocenters. The second-order valence-corrected chi connectivity index (χ2v) is 3.97. The van der Waals surface area contributed by atoms with Crippen molar-refractivity contribution < 1.29 is 4.39 Å². The summed E-state index contributed by atoms with van der Waals surface area (Å²) in [4.78, 5) is 0. The Kier molecular flexibility index (Phi) is 3.51. The van der Waals surface area contributed by atoms with Gasteiger partial charge in [0.05, 0.1) is 0 Å². The average Bonchev–Trinajstić information content (AvgIpc) is 2.29. The number of allylic oxidation sites excluding steroid dienone is 1. The fourth-order valence-corrected chi connectivity index (χ4v) is 1.89. The van der Waals surface area contributed by atoms with Crippen LogP contribution in [0, 0.1) is 11.7 Å². The van der Waals surface area contributed by atoms with E-state index in [0.717, 1.165) is 25.9 Å². The molecule has 0 aliphatic carbocycles. The summed E-state index contributed by atoms with van der Waals surface area (Å²) in [6, 6.07) is 6.90. The zero-order valence-corrected chi connectivity index (χ0v) is 8.75. The molecule has 0 bridgehead atoms. The van der Waals surface area contributed by atoms with Crippen molar-refractivity contribution >= 4 is 6.08 Å². The van der Waals surface area contributed by atoms with E-state index in [1.54, 1.807) is 6.07 Å². The first kappa shape index (κ1) is 10.4. The maximum Gasteiger partial charge on any atom is 0.130 e. The molecule has 1 aromatic rings. The molecule has 0 radical (unpaired) electrons. The molecule has 1 aliphatic heterocycles. The third-order valence-electron chi connectivity index (χ3n) is 2.84. The van der Waals surface area contributed by atoms with Crippen LogP contribution in [-0.2, 0) is 0 Å². The molecule has 0 spiro atoms. The molecule has 1 aromatic carbocycles. The van der Waals surface area contributed by atoms with Crippen molar-refractivity contribution in [3.8, 4) is 0 Å². The lowest BCUT2D eigenvalue weighted by molar-refractivity contribution is 0.438. The molecule has 2 rings (SSSR count). The fraction of sp³-hybridized carbons (Fsp3) is 0.385. The Morgan fingerprint density at radius 1 is 1.20 bits per heavy atom. The van der Waals surface area contributed by atoms with Crippen LogP contribution in [0.25, 0.3) is 6.08 Å². The van der Waals surface area contributed by atoms with Crippen LogP contribution >= 0.6 is 0 Å². The van der Waals surface area contributed by atoms with Gasteiger partial charge in [-0.2, -0.15) is 0 Å². The first-order valence-electron chi connectivity index (χ1n) is 5.50. The summed E-state index contributed by atoms with van der Waals surface area (Å²) in [6.07, 6.45) is 6.36. The second-order valence-electron chi connectivity index (χ2n) is 3.97. The zero-order valence-electron chi connectivity index (χ0n) is 8.75. The normalized spacial score (nSPS) is 18.5. The van der Waals surface area contributed by atoms with E-state index in [1.807, 2.05) is 18.2 Å². The Morgan fingerprint density at radius 3 is 2.67 bits per heavy atom. The van der Waals surface area contributed by atoms with E-state index in [2.05, 4.69) is 11.4 Å². The molecule has 1 heterocycles. The molecule has 0 aromatic heterocycles. The molecular formula is C13H16FN. The van der Waals surface area contributed by atoms with Gasteiger partial charge in [-0.3, -0.25) is 0 Å². The highest BCUT2D eigenvalue weighted by Gasteiger charge is 2.09. The summed E-state index contributed by atoms with van der Waals surface area (Å²) in [7, 11) is 0. The minimum atomic E-state index is -0.136. The van der Waals surface area contributed by atoms with Crippen LogP contribution in [0.4, 0.5) is 4.39 Å². The number of halogens is 1. The summed E-state index contributed by atoms with van der Waals surface area (Å²) < 4.78 is 13.3. The first-order valence-corrected chi connectivity index (χ1v) is 5.50. The molecule has 1 fully saturated rings. The number of rotatable bonds is 2. The Hall–Kier alpha value is -1.15. The highest BCUT2D eigenvalue weighted by atomic mass is 19.1. The summed E-state index contributed by atoms with van der Waals surface area (Å²) in [5.41, 5.74) is 0.691. The Labute approximate surface area is 90.0 Å². The van der Waals surface area contributed by atoms with Crippen molar-refractivity contribution in [3.05, 3.63) is 41.7 Å². The molecule has 1 N–H and O–H groups in total. The smallest absolute Gasteiger partial charge is 0.130 e. The van der Waals surface area contributed by atoms with E-state index < -0.39 is 0 Å². The van der Waals surface area contributed by atoms with E-state index in [4.69, 9.17) is 0 Å². The van der Waals surface area contributed by atoms with Gasteiger partial charge in [-0.05, 0) is 37.9 Å². The molecule has 0 atom stereocenters. The predicted molar refractivity (Wildman–Crippen MR) is 61.0 cm³/mol. The monoisotopic (exact) mass is 205 g/mol. The van der Waals surface area contributed by atoms with Gasteiger partial charge in [0.15, 0.2) is 0 Å². The zero-order chi connectivity index (χ0) is 10.5. The Morgan fingerprint density at radius 2 is 1.93 bits per heavy atom. The molecular weight excluding hydrogens is 189 g/mol. The molecule has 15 heavy (non-hydrogen) atoms. The van der Waals surface area contributed by atoms with Gasteiger partial charge in [-0.25, -0.2) is 4.39 Å². The van der Waals surface area contributed by atoms with Crippen molar-refractivity contribution in [2.24, 2.45) is 5.92 Å². The topological polar surface area (TPSA) is 12.0 Å². The lowest BCUT2D eigenvalue weighted by atomic mass is 9.97. The maximum atomic E-state index is 13.3. The van der Waals surface area contributed by atoms with E-state index in [1.165, 1.54) is 6.07 Å². The fourth-order valence-electron chi connectivity index (χ4n) is 1.89. The minimum Gasteiger partial charge on any atom is -0.317 e. The lowest BCUT2D eigenvalue weighted by Gasteiger charge is -2.19. The van der Waals surface area contributed by atoms with Gasteiger partial charge in [-0.1, -0.05) is 30.4 Å². The van der Waals surface area contributed by atoms with Crippen LogP contribution in [-0.4, -0.2) is 13.1 Å².